The van der Waals surface area contributed by atoms with Crippen LogP contribution in [-0.4, -0.2) is 23.8 Å². The molecule has 0 saturated heterocycles. The van der Waals surface area contributed by atoms with E-state index in [-0.39, 0.29) is 17.9 Å². The predicted molar refractivity (Wildman–Crippen MR) is 77.9 cm³/mol. The molecular weight excluding hydrogens is 287 g/mol. The summed E-state index contributed by atoms with van der Waals surface area (Å²) in [6.45, 7) is 5.58. The number of hydrogen-bond donors (Lipinski definition) is 1. The molecule has 0 aromatic heterocycles. The van der Waals surface area contributed by atoms with Gasteiger partial charge in [0, 0.05) is 6.07 Å². The maximum Gasteiger partial charge on any atom is 0.408 e. The molecule has 1 aliphatic rings. The monoisotopic (exact) mass is 306 g/mol. The number of benzene rings is 1. The van der Waals surface area contributed by atoms with Gasteiger partial charge < -0.3 is 14.8 Å². The summed E-state index contributed by atoms with van der Waals surface area (Å²) in [6.07, 6.45) is 1.05. The molecule has 1 N–H and O–H groups in total. The Morgan fingerprint density at radius 2 is 2.09 bits per heavy atom. The lowest BCUT2D eigenvalue weighted by atomic mass is 10.2. The van der Waals surface area contributed by atoms with E-state index in [1.807, 2.05) is 6.07 Å². The van der Waals surface area contributed by atoms with Gasteiger partial charge in [-0.25, -0.2) is 9.18 Å². The number of halogens is 1. The molecule has 22 heavy (non-hydrogen) atoms. The van der Waals surface area contributed by atoms with Crippen molar-refractivity contribution in [1.82, 2.24) is 5.32 Å². The van der Waals surface area contributed by atoms with E-state index >= 15 is 0 Å². The maximum atomic E-state index is 13.3. The van der Waals surface area contributed by atoms with Crippen molar-refractivity contribution in [2.45, 2.75) is 44.8 Å². The van der Waals surface area contributed by atoms with Crippen LogP contribution in [0.4, 0.5) is 9.18 Å². The Balaban J connectivity index is 1.93. The summed E-state index contributed by atoms with van der Waals surface area (Å²) in [5.74, 6) is -0.257. The van der Waals surface area contributed by atoms with E-state index in [9.17, 15) is 9.18 Å². The van der Waals surface area contributed by atoms with Crippen molar-refractivity contribution in [3.05, 3.63) is 29.6 Å². The number of hydrogen-bond acceptors (Lipinski definition) is 4. The Morgan fingerprint density at radius 1 is 1.41 bits per heavy atom. The van der Waals surface area contributed by atoms with Gasteiger partial charge in [0.15, 0.2) is 0 Å². The van der Waals surface area contributed by atoms with Gasteiger partial charge in [-0.05, 0) is 45.7 Å². The molecule has 1 saturated carbocycles. The lowest BCUT2D eigenvalue weighted by Gasteiger charge is -2.23. The number of nitriles is 1. The van der Waals surface area contributed by atoms with Crippen molar-refractivity contribution < 1.29 is 18.7 Å². The van der Waals surface area contributed by atoms with Crippen LogP contribution in [0.3, 0.4) is 0 Å². The highest BCUT2D eigenvalue weighted by Crippen LogP contribution is 2.36. The van der Waals surface area contributed by atoms with Gasteiger partial charge in [-0.2, -0.15) is 5.26 Å². The molecule has 6 heteroatoms. The average molecular weight is 306 g/mol. The van der Waals surface area contributed by atoms with Crippen molar-refractivity contribution in [2.24, 2.45) is 0 Å². The van der Waals surface area contributed by atoms with Crippen LogP contribution in [0, 0.1) is 17.1 Å². The Kier molecular flexibility index (Phi) is 4.27. The first kappa shape index (κ1) is 16.1. The average Bonchev–Trinajstić information content (AvgIpc) is 3.13. The van der Waals surface area contributed by atoms with E-state index in [1.54, 1.807) is 20.8 Å². The van der Waals surface area contributed by atoms with Crippen LogP contribution in [0.1, 0.15) is 39.2 Å². The van der Waals surface area contributed by atoms with Crippen molar-refractivity contribution >= 4 is 6.09 Å². The summed E-state index contributed by atoms with van der Waals surface area (Å²) in [5.41, 5.74) is -0.841. The van der Waals surface area contributed by atoms with E-state index in [1.165, 1.54) is 12.1 Å². The summed E-state index contributed by atoms with van der Waals surface area (Å²) < 4.78 is 24.1. The number of carbonyl (C=O) groups excluding carboxylic acids is 1. The SMILES string of the molecule is CC(C)(C)OC(=O)NC1(COc2cc(F)cc(C#N)c2)CC1. The van der Waals surface area contributed by atoms with Gasteiger partial charge in [-0.1, -0.05) is 0 Å². The van der Waals surface area contributed by atoms with Crippen LogP contribution in [-0.2, 0) is 4.74 Å². The second-order valence-corrected chi connectivity index (χ2v) is 6.48. The normalized spacial score (nSPS) is 15.6. The zero-order valence-corrected chi connectivity index (χ0v) is 12.9. The second kappa shape index (κ2) is 5.84. The Labute approximate surface area is 129 Å². The quantitative estimate of drug-likeness (QED) is 0.927. The minimum Gasteiger partial charge on any atom is -0.491 e. The molecule has 5 nitrogen and oxygen atoms in total. The van der Waals surface area contributed by atoms with Crippen LogP contribution in [0.15, 0.2) is 18.2 Å². The molecule has 1 aromatic rings. The van der Waals surface area contributed by atoms with Crippen molar-refractivity contribution in [2.75, 3.05) is 6.61 Å². The Bertz CT molecular complexity index is 613. The molecule has 0 atom stereocenters. The highest BCUT2D eigenvalue weighted by atomic mass is 19.1. The fourth-order valence-corrected chi connectivity index (χ4v) is 1.91. The summed E-state index contributed by atoms with van der Waals surface area (Å²) >= 11 is 0. The van der Waals surface area contributed by atoms with Gasteiger partial charge in [0.1, 0.15) is 23.8 Å². The molecule has 2 rings (SSSR count). The molecule has 0 aliphatic heterocycles. The third-order valence-corrected chi connectivity index (χ3v) is 3.14. The van der Waals surface area contributed by atoms with Gasteiger partial charge >= 0.3 is 6.09 Å². The molecule has 1 fully saturated rings. The highest BCUT2D eigenvalue weighted by Gasteiger charge is 2.46. The fourth-order valence-electron chi connectivity index (χ4n) is 1.91. The van der Waals surface area contributed by atoms with Gasteiger partial charge in [-0.3, -0.25) is 0 Å². The molecule has 0 unspecified atom stereocenters. The van der Waals surface area contributed by atoms with Crippen LogP contribution < -0.4 is 10.1 Å². The molecule has 0 heterocycles. The largest absolute Gasteiger partial charge is 0.491 e. The van der Waals surface area contributed by atoms with Gasteiger partial charge in [0.25, 0.3) is 0 Å². The lowest BCUT2D eigenvalue weighted by molar-refractivity contribution is 0.0477. The first-order valence-corrected chi connectivity index (χ1v) is 7.06. The van der Waals surface area contributed by atoms with Crippen molar-refractivity contribution in [3.63, 3.8) is 0 Å². The van der Waals surface area contributed by atoms with Crippen LogP contribution in [0.5, 0.6) is 5.75 Å². The van der Waals surface area contributed by atoms with Gasteiger partial charge in [0.05, 0.1) is 17.2 Å². The van der Waals surface area contributed by atoms with Crippen LogP contribution in [0.2, 0.25) is 0 Å². The number of alkyl carbamates (subject to hydrolysis) is 1. The predicted octanol–water partition coefficient (Wildman–Crippen LogP) is 3.13. The topological polar surface area (TPSA) is 71.3 Å². The standard InChI is InChI=1S/C16H19FN2O3/c1-15(2,3)22-14(20)19-16(4-5-16)10-21-13-7-11(9-18)6-12(17)8-13/h6-8H,4-5,10H2,1-3H3,(H,19,20). The molecule has 1 aliphatic carbocycles. The Morgan fingerprint density at radius 3 is 2.64 bits per heavy atom. The first-order valence-electron chi connectivity index (χ1n) is 7.06. The summed E-state index contributed by atoms with van der Waals surface area (Å²) in [4.78, 5) is 11.8. The lowest BCUT2D eigenvalue weighted by Crippen LogP contribution is -2.44. The zero-order valence-electron chi connectivity index (χ0n) is 12.9. The van der Waals surface area contributed by atoms with E-state index in [2.05, 4.69) is 5.32 Å². The minimum absolute atomic E-state index is 0.194. The third-order valence-electron chi connectivity index (χ3n) is 3.14. The van der Waals surface area contributed by atoms with E-state index in [0.717, 1.165) is 18.9 Å². The van der Waals surface area contributed by atoms with Crippen molar-refractivity contribution in [1.29, 1.82) is 5.26 Å². The highest BCUT2D eigenvalue weighted by molar-refractivity contribution is 5.69. The van der Waals surface area contributed by atoms with Gasteiger partial charge in [0.2, 0.25) is 0 Å². The van der Waals surface area contributed by atoms with Gasteiger partial charge in [-0.15, -0.1) is 0 Å². The maximum absolute atomic E-state index is 13.3. The molecule has 118 valence electrons. The molecule has 0 spiro atoms. The van der Waals surface area contributed by atoms with Crippen molar-refractivity contribution in [3.8, 4) is 11.8 Å². The first-order chi connectivity index (χ1) is 10.2. The van der Waals surface area contributed by atoms with E-state index < -0.39 is 23.1 Å². The molecule has 1 aromatic carbocycles. The summed E-state index contributed by atoms with van der Waals surface area (Å²) in [7, 11) is 0. The second-order valence-electron chi connectivity index (χ2n) is 6.48. The number of rotatable bonds is 4. The fraction of sp³-hybridized carbons (Fsp3) is 0.500. The van der Waals surface area contributed by atoms with Crippen LogP contribution in [0.25, 0.3) is 0 Å². The number of nitrogens with zero attached hydrogens (tertiary/aromatic N) is 1. The zero-order chi connectivity index (χ0) is 16.4. The minimum atomic E-state index is -0.564. The number of ether oxygens (including phenoxy) is 2. The van der Waals surface area contributed by atoms with E-state index in [0.29, 0.717) is 0 Å². The summed E-state index contributed by atoms with van der Waals surface area (Å²) in [5, 5.41) is 11.6. The molecule has 0 bridgehead atoms. The molecular formula is C16H19FN2O3. The molecule has 0 radical (unpaired) electrons. The van der Waals surface area contributed by atoms with E-state index in [4.69, 9.17) is 14.7 Å². The number of amides is 1. The van der Waals surface area contributed by atoms with Crippen LogP contribution >= 0.6 is 0 Å². The number of nitrogens with one attached hydrogen (secondary N) is 1. The molecule has 1 amide bonds. The summed E-state index contributed by atoms with van der Waals surface area (Å²) in [6, 6.07) is 5.68. The smallest absolute Gasteiger partial charge is 0.408 e. The third kappa shape index (κ3) is 4.62. The number of carbonyl (C=O) groups is 1. The Hall–Kier alpha value is -2.29.